The maximum Gasteiger partial charge on any atom is 0.232 e. The van der Waals surface area contributed by atoms with Crippen LogP contribution in [0.2, 0.25) is 0 Å². The normalized spacial score (nSPS) is 16.9. The second-order valence-corrected chi connectivity index (χ2v) is 9.23. The van der Waals surface area contributed by atoms with Crippen molar-refractivity contribution >= 4 is 28.1 Å². The van der Waals surface area contributed by atoms with E-state index in [0.29, 0.717) is 19.7 Å². The van der Waals surface area contributed by atoms with Crippen molar-refractivity contribution in [1.29, 1.82) is 0 Å². The number of hydrogen-bond acceptors (Lipinski definition) is 7. The zero-order chi connectivity index (χ0) is 22.0. The Labute approximate surface area is 186 Å². The number of pyridine rings is 1. The minimum absolute atomic E-state index is 0.101. The Bertz CT molecular complexity index is 1050. The van der Waals surface area contributed by atoms with Crippen LogP contribution in [0, 0.1) is 13.8 Å². The number of morpholine rings is 1. The lowest BCUT2D eigenvalue weighted by Crippen LogP contribution is -2.49. The molecule has 1 aliphatic heterocycles. The maximum absolute atomic E-state index is 13.5. The summed E-state index contributed by atoms with van der Waals surface area (Å²) in [6.45, 7) is 9.50. The molecule has 7 nitrogen and oxygen atoms in total. The van der Waals surface area contributed by atoms with Gasteiger partial charge in [-0.25, -0.2) is 0 Å². The van der Waals surface area contributed by atoms with Crippen LogP contribution in [-0.2, 0) is 14.9 Å². The first kappa shape index (κ1) is 21.4. The molecule has 0 radical (unpaired) electrons. The van der Waals surface area contributed by atoms with Crippen LogP contribution in [0.1, 0.15) is 42.5 Å². The minimum atomic E-state index is -0.611. The van der Waals surface area contributed by atoms with Crippen LogP contribution in [0.5, 0.6) is 0 Å². The molecule has 3 heterocycles. The highest BCUT2D eigenvalue weighted by Gasteiger charge is 2.36. The molecule has 2 aromatic heterocycles. The summed E-state index contributed by atoms with van der Waals surface area (Å²) in [6.07, 6.45) is -0.276. The number of carbonyl (C=O) groups is 1. The van der Waals surface area contributed by atoms with E-state index in [1.54, 1.807) is 5.51 Å². The first-order chi connectivity index (χ1) is 14.8. The molecule has 1 atom stereocenters. The average Bonchev–Trinajstić information content (AvgIpc) is 3.26. The Hall–Kier alpha value is -2.84. The van der Waals surface area contributed by atoms with Crippen LogP contribution >= 0.6 is 11.3 Å². The third kappa shape index (κ3) is 4.75. The van der Waals surface area contributed by atoms with E-state index in [1.165, 1.54) is 16.9 Å². The van der Waals surface area contributed by atoms with Gasteiger partial charge in [0.1, 0.15) is 11.6 Å². The van der Waals surface area contributed by atoms with E-state index in [1.807, 2.05) is 56.9 Å². The van der Waals surface area contributed by atoms with Crippen molar-refractivity contribution in [2.75, 3.05) is 25.0 Å². The number of amides is 1. The molecule has 0 spiro atoms. The highest BCUT2D eigenvalue weighted by molar-refractivity contribution is 7.13. The number of ether oxygens (including phenoxy) is 1. The van der Waals surface area contributed by atoms with E-state index in [2.05, 4.69) is 32.6 Å². The fourth-order valence-corrected chi connectivity index (χ4v) is 4.25. The summed E-state index contributed by atoms with van der Waals surface area (Å²) in [6, 6.07) is 12.1. The lowest BCUT2D eigenvalue weighted by Gasteiger charge is -2.37. The van der Waals surface area contributed by atoms with Crippen LogP contribution in [-0.4, -0.2) is 45.7 Å². The number of rotatable bonds is 5. The van der Waals surface area contributed by atoms with Crippen molar-refractivity contribution in [3.05, 3.63) is 64.4 Å². The maximum atomic E-state index is 13.5. The Kier molecular flexibility index (Phi) is 6.02. The molecule has 1 N–H and O–H groups in total. The van der Waals surface area contributed by atoms with Crippen molar-refractivity contribution in [1.82, 2.24) is 20.1 Å². The molecular formula is C23H27N5O2S. The molecule has 0 aliphatic carbocycles. The fraction of sp³-hybridized carbons (Fsp3) is 0.391. The van der Waals surface area contributed by atoms with Crippen LogP contribution < -0.4 is 5.32 Å². The van der Waals surface area contributed by atoms with Gasteiger partial charge in [-0.3, -0.25) is 9.78 Å². The molecule has 1 unspecified atom stereocenters. The summed E-state index contributed by atoms with van der Waals surface area (Å²) in [5.41, 5.74) is 5.83. The standard InChI is InChI=1S/C23H27N5O2S/c1-15-5-7-17(8-6-15)23(3,4)21(29)28-9-10-30-20(13-28)19-12-18(11-16(2)25-19)26-22-27-24-14-31-22/h5-8,11-12,14,20H,9-10,13H2,1-4H3,(H,25,26,27). The van der Waals surface area contributed by atoms with Crippen molar-refractivity contribution < 1.29 is 9.53 Å². The lowest BCUT2D eigenvalue weighted by molar-refractivity contribution is -0.144. The number of aryl methyl sites for hydroxylation is 2. The summed E-state index contributed by atoms with van der Waals surface area (Å²) in [5, 5.41) is 11.9. The first-order valence-corrected chi connectivity index (χ1v) is 11.2. The van der Waals surface area contributed by atoms with Crippen LogP contribution in [0.25, 0.3) is 0 Å². The lowest BCUT2D eigenvalue weighted by atomic mass is 9.82. The average molecular weight is 438 g/mol. The van der Waals surface area contributed by atoms with Crippen LogP contribution in [0.4, 0.5) is 10.8 Å². The summed E-state index contributed by atoms with van der Waals surface area (Å²) in [5.74, 6) is 0.101. The second kappa shape index (κ2) is 8.72. The number of anilines is 2. The quantitative estimate of drug-likeness (QED) is 0.645. The Morgan fingerprint density at radius 1 is 1.23 bits per heavy atom. The zero-order valence-corrected chi connectivity index (χ0v) is 19.1. The van der Waals surface area contributed by atoms with E-state index in [0.717, 1.165) is 27.8 Å². The number of aromatic nitrogens is 3. The van der Waals surface area contributed by atoms with Gasteiger partial charge in [-0.2, -0.15) is 0 Å². The van der Waals surface area contributed by atoms with Gasteiger partial charge in [-0.1, -0.05) is 41.2 Å². The number of nitrogens with one attached hydrogen (secondary N) is 1. The zero-order valence-electron chi connectivity index (χ0n) is 18.3. The summed E-state index contributed by atoms with van der Waals surface area (Å²) < 4.78 is 6.01. The van der Waals surface area contributed by atoms with Gasteiger partial charge in [-0.05, 0) is 45.4 Å². The molecule has 4 rings (SSSR count). The minimum Gasteiger partial charge on any atom is -0.368 e. The smallest absolute Gasteiger partial charge is 0.232 e. The van der Waals surface area contributed by atoms with E-state index in [-0.39, 0.29) is 12.0 Å². The van der Waals surface area contributed by atoms with E-state index < -0.39 is 5.41 Å². The first-order valence-electron chi connectivity index (χ1n) is 10.3. The van der Waals surface area contributed by atoms with Crippen molar-refractivity contribution in [2.24, 2.45) is 0 Å². The van der Waals surface area contributed by atoms with Gasteiger partial charge in [0.2, 0.25) is 11.0 Å². The number of carbonyl (C=O) groups excluding carboxylic acids is 1. The number of nitrogens with zero attached hydrogens (tertiary/aromatic N) is 4. The third-order valence-electron chi connectivity index (χ3n) is 5.58. The van der Waals surface area contributed by atoms with Gasteiger partial charge < -0.3 is 15.0 Å². The molecule has 1 saturated heterocycles. The summed E-state index contributed by atoms with van der Waals surface area (Å²) in [4.78, 5) is 20.0. The molecule has 1 aliphatic rings. The Balaban J connectivity index is 1.52. The van der Waals surface area contributed by atoms with Crippen LogP contribution in [0.3, 0.4) is 0 Å². The largest absolute Gasteiger partial charge is 0.368 e. The van der Waals surface area contributed by atoms with Gasteiger partial charge in [-0.15, -0.1) is 10.2 Å². The second-order valence-electron chi connectivity index (χ2n) is 8.39. The SMILES string of the molecule is Cc1ccc(C(C)(C)C(=O)N2CCOC(c3cc(Nc4nncs4)cc(C)n3)C2)cc1. The van der Waals surface area contributed by atoms with Gasteiger partial charge in [0.25, 0.3) is 0 Å². The van der Waals surface area contributed by atoms with Crippen LogP contribution in [0.15, 0.2) is 41.9 Å². The highest BCUT2D eigenvalue weighted by atomic mass is 32.1. The predicted octanol–water partition coefficient (Wildman–Crippen LogP) is 4.17. The highest BCUT2D eigenvalue weighted by Crippen LogP contribution is 2.30. The van der Waals surface area contributed by atoms with Gasteiger partial charge in [0.15, 0.2) is 0 Å². The van der Waals surface area contributed by atoms with Gasteiger partial charge in [0, 0.05) is 17.9 Å². The monoisotopic (exact) mass is 437 g/mol. The summed E-state index contributed by atoms with van der Waals surface area (Å²) >= 11 is 1.43. The molecule has 8 heteroatoms. The molecule has 31 heavy (non-hydrogen) atoms. The summed E-state index contributed by atoms with van der Waals surface area (Å²) in [7, 11) is 0. The van der Waals surface area contributed by atoms with E-state index in [9.17, 15) is 4.79 Å². The predicted molar refractivity (Wildman–Crippen MR) is 122 cm³/mol. The van der Waals surface area contributed by atoms with E-state index >= 15 is 0 Å². The van der Waals surface area contributed by atoms with Crippen molar-refractivity contribution in [3.8, 4) is 0 Å². The fourth-order valence-electron chi connectivity index (χ4n) is 3.78. The molecule has 1 fully saturated rings. The van der Waals surface area contributed by atoms with Gasteiger partial charge in [0.05, 0.1) is 24.3 Å². The van der Waals surface area contributed by atoms with Crippen molar-refractivity contribution in [3.63, 3.8) is 0 Å². The molecule has 0 saturated carbocycles. The third-order valence-corrected chi connectivity index (χ3v) is 6.18. The Morgan fingerprint density at radius 2 is 2.00 bits per heavy atom. The molecule has 162 valence electrons. The van der Waals surface area contributed by atoms with E-state index in [4.69, 9.17) is 4.74 Å². The number of hydrogen-bond donors (Lipinski definition) is 1. The molecule has 1 aromatic carbocycles. The topological polar surface area (TPSA) is 80.2 Å². The molecular weight excluding hydrogens is 410 g/mol. The molecule has 3 aromatic rings. The number of benzene rings is 1. The Morgan fingerprint density at radius 3 is 2.71 bits per heavy atom. The molecule has 1 amide bonds. The van der Waals surface area contributed by atoms with Crippen molar-refractivity contribution in [2.45, 2.75) is 39.2 Å². The van der Waals surface area contributed by atoms with Gasteiger partial charge >= 0.3 is 0 Å². The molecule has 0 bridgehead atoms.